The third-order valence-corrected chi connectivity index (χ3v) is 5.43. The maximum absolute atomic E-state index is 13.5. The largest absolute Gasteiger partial charge is 0.355 e. The van der Waals surface area contributed by atoms with Gasteiger partial charge in [-0.1, -0.05) is 0 Å². The van der Waals surface area contributed by atoms with Crippen LogP contribution in [0.25, 0.3) is 0 Å². The van der Waals surface area contributed by atoms with E-state index in [4.69, 9.17) is 0 Å². The summed E-state index contributed by atoms with van der Waals surface area (Å²) in [5.41, 5.74) is -0.398. The number of H-pyrrole nitrogens is 1. The smallest absolute Gasteiger partial charge is 0.288 e. The zero-order valence-corrected chi connectivity index (χ0v) is 16.4. The van der Waals surface area contributed by atoms with Crippen LogP contribution in [0.4, 0.5) is 16.2 Å². The maximum atomic E-state index is 13.5. The number of nitrogens with one attached hydrogen (secondary N) is 1. The second kappa shape index (κ2) is 8.14. The van der Waals surface area contributed by atoms with Gasteiger partial charge in [-0.05, 0) is 38.3 Å². The molecule has 2 aromatic heterocycles. The molecule has 4 rings (SSSR count). The van der Waals surface area contributed by atoms with Crippen molar-refractivity contribution in [2.24, 2.45) is 0 Å². The van der Waals surface area contributed by atoms with Crippen molar-refractivity contribution in [3.8, 4) is 0 Å². The van der Waals surface area contributed by atoms with Crippen molar-refractivity contribution in [2.45, 2.75) is 26.2 Å². The van der Waals surface area contributed by atoms with E-state index in [1.165, 1.54) is 13.3 Å². The molecule has 0 saturated carbocycles. The van der Waals surface area contributed by atoms with Gasteiger partial charge in [-0.25, -0.2) is 4.98 Å². The summed E-state index contributed by atoms with van der Waals surface area (Å²) in [4.78, 5) is 36.7. The Morgan fingerprint density at radius 1 is 1.00 bits per heavy atom. The van der Waals surface area contributed by atoms with Crippen LogP contribution in [0, 0.1) is 12.7 Å². The molecule has 2 aliphatic rings. The Morgan fingerprint density at radius 2 is 1.72 bits per heavy atom. The molecule has 0 aromatic carbocycles. The SMILES string of the molecule is Cc1nc(N2CCN(C(=O)c3ccc(N4CCCCC4)nn3)CC2)[nH]c(=O)c1F. The van der Waals surface area contributed by atoms with E-state index in [-0.39, 0.29) is 11.6 Å². The van der Waals surface area contributed by atoms with E-state index in [9.17, 15) is 14.0 Å². The number of amides is 1. The third kappa shape index (κ3) is 4.06. The summed E-state index contributed by atoms with van der Waals surface area (Å²) >= 11 is 0. The molecular formula is C19H24FN7O2. The molecule has 2 aliphatic heterocycles. The second-order valence-electron chi connectivity index (χ2n) is 7.39. The van der Waals surface area contributed by atoms with E-state index in [0.717, 1.165) is 31.7 Å². The van der Waals surface area contributed by atoms with Crippen LogP contribution in [-0.2, 0) is 0 Å². The zero-order chi connectivity index (χ0) is 20.4. The molecule has 2 aromatic rings. The van der Waals surface area contributed by atoms with Gasteiger partial charge in [0.25, 0.3) is 11.5 Å². The fourth-order valence-corrected chi connectivity index (χ4v) is 3.72. The number of aromatic nitrogens is 4. The lowest BCUT2D eigenvalue weighted by Crippen LogP contribution is -2.49. The van der Waals surface area contributed by atoms with Crippen molar-refractivity contribution >= 4 is 17.7 Å². The van der Waals surface area contributed by atoms with Crippen LogP contribution in [-0.4, -0.2) is 70.2 Å². The van der Waals surface area contributed by atoms with Gasteiger partial charge in [0.1, 0.15) is 0 Å². The Labute approximate surface area is 167 Å². The zero-order valence-electron chi connectivity index (χ0n) is 16.4. The third-order valence-electron chi connectivity index (χ3n) is 5.43. The lowest BCUT2D eigenvalue weighted by atomic mass is 10.1. The Bertz CT molecular complexity index is 933. The molecule has 1 N–H and O–H groups in total. The Balaban J connectivity index is 1.38. The van der Waals surface area contributed by atoms with E-state index in [2.05, 4.69) is 25.1 Å². The molecule has 0 aliphatic carbocycles. The van der Waals surface area contributed by atoms with E-state index in [1.807, 2.05) is 11.0 Å². The first-order chi connectivity index (χ1) is 14.0. The van der Waals surface area contributed by atoms with Crippen molar-refractivity contribution in [3.05, 3.63) is 39.7 Å². The molecule has 4 heterocycles. The average molecular weight is 401 g/mol. The molecule has 2 saturated heterocycles. The molecule has 154 valence electrons. The van der Waals surface area contributed by atoms with Gasteiger partial charge in [0.2, 0.25) is 11.8 Å². The maximum Gasteiger partial charge on any atom is 0.288 e. The summed E-state index contributed by atoms with van der Waals surface area (Å²) in [6.45, 7) is 5.28. The molecule has 0 radical (unpaired) electrons. The molecular weight excluding hydrogens is 377 g/mol. The molecule has 0 atom stereocenters. The average Bonchev–Trinajstić information content (AvgIpc) is 2.77. The van der Waals surface area contributed by atoms with Crippen LogP contribution in [0.2, 0.25) is 0 Å². The van der Waals surface area contributed by atoms with Crippen LogP contribution in [0.1, 0.15) is 35.4 Å². The Kier molecular flexibility index (Phi) is 5.41. The molecule has 2 fully saturated rings. The topological polar surface area (TPSA) is 98.3 Å². The highest BCUT2D eigenvalue weighted by molar-refractivity contribution is 5.92. The first-order valence-corrected chi connectivity index (χ1v) is 9.92. The number of hydrogen-bond donors (Lipinski definition) is 1. The molecule has 10 heteroatoms. The fraction of sp³-hybridized carbons (Fsp3) is 0.526. The summed E-state index contributed by atoms with van der Waals surface area (Å²) in [6, 6.07) is 3.59. The summed E-state index contributed by atoms with van der Waals surface area (Å²) in [6.07, 6.45) is 3.55. The standard InChI is InChI=1S/C19H24FN7O2/c1-13-16(20)17(28)22-19(21-13)27-11-9-26(10-12-27)18(29)14-5-6-15(24-23-14)25-7-3-2-4-8-25/h5-6H,2-4,7-12H2,1H3,(H,21,22,28). The van der Waals surface area contributed by atoms with Crippen LogP contribution < -0.4 is 15.4 Å². The first kappa shape index (κ1) is 19.3. The number of anilines is 2. The van der Waals surface area contributed by atoms with Gasteiger partial charge < -0.3 is 14.7 Å². The normalized spacial score (nSPS) is 17.5. The lowest BCUT2D eigenvalue weighted by molar-refractivity contribution is 0.0739. The Hall–Kier alpha value is -3.04. The van der Waals surface area contributed by atoms with Gasteiger partial charge in [-0.2, -0.15) is 4.39 Å². The minimum atomic E-state index is -0.867. The van der Waals surface area contributed by atoms with Crippen molar-refractivity contribution in [2.75, 3.05) is 49.1 Å². The number of piperazine rings is 1. The Morgan fingerprint density at radius 3 is 2.34 bits per heavy atom. The first-order valence-electron chi connectivity index (χ1n) is 9.92. The van der Waals surface area contributed by atoms with Gasteiger partial charge >= 0.3 is 0 Å². The highest BCUT2D eigenvalue weighted by Gasteiger charge is 2.25. The number of halogens is 1. The lowest BCUT2D eigenvalue weighted by Gasteiger charge is -2.34. The second-order valence-corrected chi connectivity index (χ2v) is 7.39. The summed E-state index contributed by atoms with van der Waals surface area (Å²) in [5.74, 6) is 0.104. The molecule has 1 amide bonds. The minimum absolute atomic E-state index is 0.0614. The van der Waals surface area contributed by atoms with Gasteiger partial charge in [0, 0.05) is 39.3 Å². The minimum Gasteiger partial charge on any atom is -0.355 e. The van der Waals surface area contributed by atoms with Crippen LogP contribution in [0.3, 0.4) is 0 Å². The summed E-state index contributed by atoms with van der Waals surface area (Å²) in [5, 5.41) is 8.38. The van der Waals surface area contributed by atoms with Gasteiger partial charge in [-0.15, -0.1) is 10.2 Å². The molecule has 0 bridgehead atoms. The molecule has 9 nitrogen and oxygen atoms in total. The summed E-state index contributed by atoms with van der Waals surface area (Å²) < 4.78 is 13.5. The molecule has 0 unspecified atom stereocenters. The van der Waals surface area contributed by atoms with Crippen molar-refractivity contribution < 1.29 is 9.18 Å². The van der Waals surface area contributed by atoms with Crippen LogP contribution >= 0.6 is 0 Å². The molecule has 0 spiro atoms. The van der Waals surface area contributed by atoms with Crippen LogP contribution in [0.15, 0.2) is 16.9 Å². The predicted octanol–water partition coefficient (Wildman–Crippen LogP) is 0.960. The number of carbonyl (C=O) groups excluding carboxylic acids is 1. The van der Waals surface area contributed by atoms with Gasteiger partial charge in [0.05, 0.1) is 5.69 Å². The van der Waals surface area contributed by atoms with E-state index < -0.39 is 11.4 Å². The quantitative estimate of drug-likeness (QED) is 0.818. The van der Waals surface area contributed by atoms with Crippen molar-refractivity contribution in [1.29, 1.82) is 0 Å². The van der Waals surface area contributed by atoms with Crippen molar-refractivity contribution in [3.63, 3.8) is 0 Å². The predicted molar refractivity (Wildman–Crippen MR) is 106 cm³/mol. The van der Waals surface area contributed by atoms with E-state index in [1.54, 1.807) is 11.0 Å². The number of aryl methyl sites for hydroxylation is 1. The number of hydrogen-bond acceptors (Lipinski definition) is 7. The highest BCUT2D eigenvalue weighted by atomic mass is 19.1. The molecule has 29 heavy (non-hydrogen) atoms. The number of aromatic amines is 1. The van der Waals surface area contributed by atoms with E-state index in [0.29, 0.717) is 37.8 Å². The van der Waals surface area contributed by atoms with Crippen LogP contribution in [0.5, 0.6) is 0 Å². The monoisotopic (exact) mass is 401 g/mol. The number of piperidine rings is 1. The van der Waals surface area contributed by atoms with E-state index >= 15 is 0 Å². The number of nitrogens with zero attached hydrogens (tertiary/aromatic N) is 6. The fourth-order valence-electron chi connectivity index (χ4n) is 3.72. The van der Waals surface area contributed by atoms with Gasteiger partial charge in [-0.3, -0.25) is 14.6 Å². The highest BCUT2D eigenvalue weighted by Crippen LogP contribution is 2.17. The van der Waals surface area contributed by atoms with Gasteiger partial charge in [0.15, 0.2) is 11.5 Å². The number of rotatable bonds is 3. The summed E-state index contributed by atoms with van der Waals surface area (Å²) in [7, 11) is 0. The van der Waals surface area contributed by atoms with Crippen molar-refractivity contribution in [1.82, 2.24) is 25.1 Å². The number of carbonyl (C=O) groups is 1.